The predicted molar refractivity (Wildman–Crippen MR) is 81.8 cm³/mol. The quantitative estimate of drug-likeness (QED) is 0.749. The smallest absolute Gasteiger partial charge is 0.279 e. The summed E-state index contributed by atoms with van der Waals surface area (Å²) in [6.45, 7) is 0. The van der Waals surface area contributed by atoms with Crippen LogP contribution in [0.3, 0.4) is 0 Å². The molecule has 0 unspecified atom stereocenters. The highest BCUT2D eigenvalue weighted by Crippen LogP contribution is 2.17. The molecule has 3 aromatic rings. The zero-order valence-electron chi connectivity index (χ0n) is 11.3. The first-order chi connectivity index (χ1) is 10.7. The number of pyridine rings is 1. The van der Waals surface area contributed by atoms with Gasteiger partial charge in [0, 0.05) is 25.6 Å². The van der Waals surface area contributed by atoms with Crippen LogP contribution in [0.5, 0.6) is 0 Å². The van der Waals surface area contributed by atoms with Crippen molar-refractivity contribution in [2.45, 2.75) is 0 Å². The number of nitrogens with one attached hydrogen (secondary N) is 1. The highest BCUT2D eigenvalue weighted by molar-refractivity contribution is 6.05. The zero-order valence-corrected chi connectivity index (χ0v) is 11.3. The van der Waals surface area contributed by atoms with Crippen LogP contribution in [-0.2, 0) is 0 Å². The van der Waals surface area contributed by atoms with Gasteiger partial charge in [0.1, 0.15) is 12.1 Å². The molecule has 1 amide bonds. The lowest BCUT2D eigenvalue weighted by Gasteiger charge is -2.07. The number of nitrogens with zero attached hydrogens (tertiary/aromatic N) is 5. The lowest BCUT2D eigenvalue weighted by atomic mass is 10.2. The zero-order chi connectivity index (χ0) is 15.4. The van der Waals surface area contributed by atoms with Crippen molar-refractivity contribution in [1.82, 2.24) is 24.9 Å². The number of carbonyl (C=O) groups is 1. The van der Waals surface area contributed by atoms with Gasteiger partial charge in [0.25, 0.3) is 5.91 Å². The molecular weight excluding hydrogens is 282 g/mol. The van der Waals surface area contributed by atoms with Crippen molar-refractivity contribution in [2.24, 2.45) is 0 Å². The number of nitrogen functional groups attached to an aromatic ring is 1. The molecule has 0 saturated heterocycles. The van der Waals surface area contributed by atoms with E-state index < -0.39 is 5.91 Å². The molecule has 8 nitrogen and oxygen atoms in total. The third-order valence-electron chi connectivity index (χ3n) is 2.80. The average Bonchev–Trinajstić information content (AvgIpc) is 2.57. The summed E-state index contributed by atoms with van der Waals surface area (Å²) < 4.78 is 0. The number of nitrogens with two attached hydrogens (primary N) is 1. The number of hydrogen-bond acceptors (Lipinski definition) is 7. The lowest BCUT2D eigenvalue weighted by Crippen LogP contribution is -2.18. The maximum absolute atomic E-state index is 12.2. The van der Waals surface area contributed by atoms with Gasteiger partial charge in [0.15, 0.2) is 11.5 Å². The van der Waals surface area contributed by atoms with Crippen LogP contribution in [-0.4, -0.2) is 30.8 Å². The van der Waals surface area contributed by atoms with E-state index >= 15 is 0 Å². The molecule has 8 heteroatoms. The fraction of sp³-hybridized carbons (Fsp3) is 0. The van der Waals surface area contributed by atoms with Crippen LogP contribution in [0.4, 0.5) is 11.6 Å². The molecule has 3 N–H and O–H groups in total. The number of aromatic nitrogens is 5. The Balaban J connectivity index is 0.00000192. The Morgan fingerprint density at radius 2 is 2.05 bits per heavy atom. The molecule has 0 saturated carbocycles. The van der Waals surface area contributed by atoms with Gasteiger partial charge in [-0.1, -0.05) is 0 Å². The van der Waals surface area contributed by atoms with Crippen molar-refractivity contribution in [3.8, 4) is 11.3 Å². The first-order valence-electron chi connectivity index (χ1n) is 6.34. The van der Waals surface area contributed by atoms with Crippen molar-refractivity contribution >= 4 is 17.5 Å². The Morgan fingerprint density at radius 1 is 1.14 bits per heavy atom. The van der Waals surface area contributed by atoms with Crippen LogP contribution in [0.1, 0.15) is 11.9 Å². The molecule has 22 heavy (non-hydrogen) atoms. The van der Waals surface area contributed by atoms with Gasteiger partial charge in [-0.15, -0.1) is 0 Å². The predicted octanol–water partition coefficient (Wildman–Crippen LogP) is 1.41. The number of amides is 1. The second-order valence-electron chi connectivity index (χ2n) is 4.28. The molecule has 3 heterocycles. The first-order valence-corrected chi connectivity index (χ1v) is 6.34. The third kappa shape index (κ3) is 2.85. The van der Waals surface area contributed by atoms with Gasteiger partial charge in [0.05, 0.1) is 11.9 Å². The molecule has 0 radical (unpaired) electrons. The molecule has 0 aromatic carbocycles. The maximum Gasteiger partial charge on any atom is 0.279 e. The maximum atomic E-state index is 12.2. The summed E-state index contributed by atoms with van der Waals surface area (Å²) in [5, 5.41) is 2.59. The minimum absolute atomic E-state index is 0. The van der Waals surface area contributed by atoms with Gasteiger partial charge >= 0.3 is 0 Å². The fourth-order valence-corrected chi connectivity index (χ4v) is 1.76. The minimum atomic E-state index is -0.491. The molecule has 3 rings (SSSR count). The van der Waals surface area contributed by atoms with Crippen LogP contribution in [0, 0.1) is 0 Å². The fourth-order valence-electron chi connectivity index (χ4n) is 1.76. The van der Waals surface area contributed by atoms with Gasteiger partial charge in [-0.25, -0.2) is 19.9 Å². The van der Waals surface area contributed by atoms with Crippen LogP contribution >= 0.6 is 0 Å². The van der Waals surface area contributed by atoms with Gasteiger partial charge < -0.3 is 11.1 Å². The standard InChI is InChI=1S/C14H11N7O.H2/c15-13-12(14(22)21-11-3-5-17-8-19-11)20-10(7-18-13)9-2-1-4-16-6-9;/h1-8H,(H2,15,18)(H,17,19,21,22);1H. The van der Waals surface area contributed by atoms with Gasteiger partial charge in [-0.2, -0.15) is 0 Å². The summed E-state index contributed by atoms with van der Waals surface area (Å²) in [6, 6.07) is 5.15. The monoisotopic (exact) mass is 295 g/mol. The summed E-state index contributed by atoms with van der Waals surface area (Å²) in [5.74, 6) is -0.0957. The highest BCUT2D eigenvalue weighted by atomic mass is 16.2. The van der Waals surface area contributed by atoms with E-state index in [2.05, 4.69) is 30.2 Å². The summed E-state index contributed by atoms with van der Waals surface area (Å²) in [4.78, 5) is 32.2. The Morgan fingerprint density at radius 3 is 2.77 bits per heavy atom. The molecule has 0 aliphatic heterocycles. The summed E-state index contributed by atoms with van der Waals surface area (Å²) in [6.07, 6.45) is 7.62. The van der Waals surface area contributed by atoms with E-state index in [1.54, 1.807) is 24.5 Å². The third-order valence-corrected chi connectivity index (χ3v) is 2.80. The average molecular weight is 295 g/mol. The molecule has 110 valence electrons. The second kappa shape index (κ2) is 5.92. The first kappa shape index (κ1) is 13.6. The molecule has 0 aliphatic carbocycles. The summed E-state index contributed by atoms with van der Waals surface area (Å²) in [5.41, 5.74) is 7.02. The second-order valence-corrected chi connectivity index (χ2v) is 4.28. The van der Waals surface area contributed by atoms with Crippen molar-refractivity contribution < 1.29 is 6.22 Å². The summed E-state index contributed by atoms with van der Waals surface area (Å²) in [7, 11) is 0. The normalized spacial score (nSPS) is 10.2. The van der Waals surface area contributed by atoms with E-state index in [1.165, 1.54) is 18.7 Å². The SMILES string of the molecule is Nc1ncc(-c2cccnc2)nc1C(=O)Nc1ccncn1.[HH]. The van der Waals surface area contributed by atoms with Gasteiger partial charge in [-0.3, -0.25) is 9.78 Å². The van der Waals surface area contributed by atoms with Crippen molar-refractivity contribution in [3.05, 3.63) is 55.0 Å². The minimum Gasteiger partial charge on any atom is -0.382 e. The Hall–Kier alpha value is -3.42. The highest BCUT2D eigenvalue weighted by Gasteiger charge is 2.15. The van der Waals surface area contributed by atoms with E-state index in [1.807, 2.05) is 6.07 Å². The molecule has 0 aliphatic rings. The van der Waals surface area contributed by atoms with E-state index in [9.17, 15) is 4.79 Å². The van der Waals surface area contributed by atoms with Crippen LogP contribution in [0.25, 0.3) is 11.3 Å². The molecule has 3 aromatic heterocycles. The van der Waals surface area contributed by atoms with E-state index in [4.69, 9.17) is 5.73 Å². The molecule has 0 fully saturated rings. The number of hydrogen-bond donors (Lipinski definition) is 2. The van der Waals surface area contributed by atoms with Crippen molar-refractivity contribution in [2.75, 3.05) is 11.1 Å². The lowest BCUT2D eigenvalue weighted by molar-refractivity contribution is 0.102. The Kier molecular flexibility index (Phi) is 3.65. The number of anilines is 2. The number of carbonyl (C=O) groups excluding carboxylic acids is 1. The summed E-state index contributed by atoms with van der Waals surface area (Å²) >= 11 is 0. The van der Waals surface area contributed by atoms with Crippen LogP contribution in [0.2, 0.25) is 0 Å². The largest absolute Gasteiger partial charge is 0.382 e. The van der Waals surface area contributed by atoms with Crippen LogP contribution < -0.4 is 11.1 Å². The van der Waals surface area contributed by atoms with Crippen LogP contribution in [0.15, 0.2) is 49.3 Å². The topological polar surface area (TPSA) is 120 Å². The van der Waals surface area contributed by atoms with E-state index in [0.717, 1.165) is 5.56 Å². The van der Waals surface area contributed by atoms with Gasteiger partial charge in [0.2, 0.25) is 0 Å². The molecule has 0 spiro atoms. The van der Waals surface area contributed by atoms with Crippen molar-refractivity contribution in [1.29, 1.82) is 0 Å². The Labute approximate surface area is 127 Å². The molecule has 0 atom stereocenters. The Bertz CT molecular complexity index is 799. The van der Waals surface area contributed by atoms with Crippen molar-refractivity contribution in [3.63, 3.8) is 0 Å². The molecular formula is C14H13N7O. The van der Waals surface area contributed by atoms with E-state index in [-0.39, 0.29) is 12.9 Å². The van der Waals surface area contributed by atoms with Gasteiger partial charge in [-0.05, 0) is 18.2 Å². The van der Waals surface area contributed by atoms with E-state index in [0.29, 0.717) is 11.5 Å². The molecule has 0 bridgehead atoms. The number of rotatable bonds is 3.